The first-order valence-corrected chi connectivity index (χ1v) is 11.4. The SMILES string of the molecule is CCN1CCN(CC(=O)N2N=C(c3ccc(C)cc3)C[C@@H]2c2ccc3c(c2)OCO3)CC1. The molecule has 7 nitrogen and oxygen atoms in total. The van der Waals surface area contributed by atoms with Crippen molar-refractivity contribution in [2.75, 3.05) is 46.1 Å². The average molecular weight is 435 g/mol. The lowest BCUT2D eigenvalue weighted by molar-refractivity contribution is -0.134. The molecule has 5 rings (SSSR count). The summed E-state index contributed by atoms with van der Waals surface area (Å²) in [6.45, 7) is 9.79. The highest BCUT2D eigenvalue weighted by Gasteiger charge is 2.35. The van der Waals surface area contributed by atoms with Crippen molar-refractivity contribution < 1.29 is 14.3 Å². The maximum Gasteiger partial charge on any atom is 0.257 e. The molecule has 0 aromatic heterocycles. The summed E-state index contributed by atoms with van der Waals surface area (Å²) in [5.74, 6) is 1.52. The lowest BCUT2D eigenvalue weighted by Crippen LogP contribution is -2.49. The molecule has 3 aliphatic rings. The van der Waals surface area contributed by atoms with Crippen LogP contribution in [0, 0.1) is 6.92 Å². The van der Waals surface area contributed by atoms with E-state index < -0.39 is 0 Å². The molecule has 168 valence electrons. The summed E-state index contributed by atoms with van der Waals surface area (Å²) < 4.78 is 11.1. The second-order valence-electron chi connectivity index (χ2n) is 8.69. The lowest BCUT2D eigenvalue weighted by Gasteiger charge is -2.34. The van der Waals surface area contributed by atoms with Crippen molar-refractivity contribution in [1.29, 1.82) is 0 Å². The molecule has 0 N–H and O–H groups in total. The van der Waals surface area contributed by atoms with Crippen molar-refractivity contribution in [3.63, 3.8) is 0 Å². The molecule has 1 atom stereocenters. The molecular formula is C25H30N4O3. The summed E-state index contributed by atoms with van der Waals surface area (Å²) >= 11 is 0. The van der Waals surface area contributed by atoms with Crippen LogP contribution in [0.4, 0.5) is 0 Å². The van der Waals surface area contributed by atoms with Crippen LogP contribution < -0.4 is 9.47 Å². The number of nitrogens with zero attached hydrogens (tertiary/aromatic N) is 4. The summed E-state index contributed by atoms with van der Waals surface area (Å²) in [6, 6.07) is 14.1. The second-order valence-corrected chi connectivity index (χ2v) is 8.69. The third-order valence-corrected chi connectivity index (χ3v) is 6.60. The van der Waals surface area contributed by atoms with Crippen LogP contribution in [0.25, 0.3) is 0 Å². The molecule has 1 amide bonds. The van der Waals surface area contributed by atoms with Gasteiger partial charge in [-0.3, -0.25) is 9.69 Å². The Morgan fingerprint density at radius 2 is 1.72 bits per heavy atom. The summed E-state index contributed by atoms with van der Waals surface area (Å²) in [7, 11) is 0. The number of rotatable bonds is 5. The van der Waals surface area contributed by atoms with Crippen LogP contribution in [-0.2, 0) is 4.79 Å². The van der Waals surface area contributed by atoms with Crippen LogP contribution >= 0.6 is 0 Å². The van der Waals surface area contributed by atoms with Gasteiger partial charge >= 0.3 is 0 Å². The molecule has 1 fully saturated rings. The van der Waals surface area contributed by atoms with Crippen molar-refractivity contribution in [1.82, 2.24) is 14.8 Å². The van der Waals surface area contributed by atoms with Gasteiger partial charge in [0.1, 0.15) is 0 Å². The molecule has 3 aliphatic heterocycles. The first-order valence-electron chi connectivity index (χ1n) is 11.4. The van der Waals surface area contributed by atoms with E-state index in [4.69, 9.17) is 14.6 Å². The van der Waals surface area contributed by atoms with Gasteiger partial charge in [0.05, 0.1) is 18.3 Å². The fraction of sp³-hybridized carbons (Fsp3) is 0.440. The van der Waals surface area contributed by atoms with Gasteiger partial charge < -0.3 is 14.4 Å². The van der Waals surface area contributed by atoms with Crippen molar-refractivity contribution in [2.24, 2.45) is 5.10 Å². The molecule has 0 aliphatic carbocycles. The van der Waals surface area contributed by atoms with Gasteiger partial charge in [0.15, 0.2) is 11.5 Å². The fourth-order valence-electron chi connectivity index (χ4n) is 4.57. The van der Waals surface area contributed by atoms with Crippen molar-refractivity contribution in [3.8, 4) is 11.5 Å². The van der Waals surface area contributed by atoms with Gasteiger partial charge in [-0.25, -0.2) is 5.01 Å². The van der Waals surface area contributed by atoms with Gasteiger partial charge in [-0.15, -0.1) is 0 Å². The van der Waals surface area contributed by atoms with Crippen LogP contribution in [0.2, 0.25) is 0 Å². The van der Waals surface area contributed by atoms with Crippen molar-refractivity contribution in [2.45, 2.75) is 26.3 Å². The normalized spacial score (nSPS) is 21.1. The Bertz CT molecular complexity index is 1010. The summed E-state index contributed by atoms with van der Waals surface area (Å²) in [5.41, 5.74) is 4.23. The number of ether oxygens (including phenoxy) is 2. The number of hydrazone groups is 1. The van der Waals surface area contributed by atoms with Crippen LogP contribution in [0.5, 0.6) is 11.5 Å². The number of aryl methyl sites for hydroxylation is 1. The topological polar surface area (TPSA) is 57.6 Å². The number of carbonyl (C=O) groups excluding carboxylic acids is 1. The Hall–Kier alpha value is -2.90. The molecule has 0 spiro atoms. The predicted octanol–water partition coefficient (Wildman–Crippen LogP) is 3.04. The summed E-state index contributed by atoms with van der Waals surface area (Å²) in [6.07, 6.45) is 0.679. The van der Waals surface area contributed by atoms with E-state index in [0.29, 0.717) is 13.0 Å². The van der Waals surface area contributed by atoms with Crippen LogP contribution in [0.1, 0.15) is 36.1 Å². The van der Waals surface area contributed by atoms with Crippen molar-refractivity contribution in [3.05, 3.63) is 59.2 Å². The first-order chi connectivity index (χ1) is 15.6. The Morgan fingerprint density at radius 3 is 2.47 bits per heavy atom. The highest BCUT2D eigenvalue weighted by atomic mass is 16.7. The third kappa shape index (κ3) is 4.23. The minimum absolute atomic E-state index is 0.0414. The Balaban J connectivity index is 1.39. The van der Waals surface area contributed by atoms with Crippen molar-refractivity contribution >= 4 is 11.6 Å². The molecular weight excluding hydrogens is 404 g/mol. The van der Waals surface area contributed by atoms with E-state index in [1.54, 1.807) is 5.01 Å². The van der Waals surface area contributed by atoms with Gasteiger partial charge in [0, 0.05) is 32.6 Å². The fourth-order valence-corrected chi connectivity index (χ4v) is 4.57. The average Bonchev–Trinajstić information content (AvgIpc) is 3.47. The van der Waals surface area contributed by atoms with E-state index in [1.165, 1.54) is 5.56 Å². The van der Waals surface area contributed by atoms with Gasteiger partial charge in [-0.2, -0.15) is 5.10 Å². The zero-order valence-electron chi connectivity index (χ0n) is 18.8. The van der Waals surface area contributed by atoms with E-state index in [0.717, 1.165) is 61.1 Å². The second kappa shape index (κ2) is 8.92. The number of hydrogen-bond acceptors (Lipinski definition) is 6. The highest BCUT2D eigenvalue weighted by Crippen LogP contribution is 2.39. The molecule has 3 heterocycles. The maximum atomic E-state index is 13.4. The molecule has 7 heteroatoms. The largest absolute Gasteiger partial charge is 0.454 e. The quantitative estimate of drug-likeness (QED) is 0.724. The van der Waals surface area contributed by atoms with E-state index in [9.17, 15) is 4.79 Å². The zero-order valence-corrected chi connectivity index (χ0v) is 18.8. The number of piperazine rings is 1. The van der Waals surface area contributed by atoms with E-state index in [2.05, 4.69) is 47.9 Å². The van der Waals surface area contributed by atoms with E-state index >= 15 is 0 Å². The standard InChI is InChI=1S/C25H30N4O3/c1-3-27-10-12-28(13-11-27)16-25(30)29-22(20-8-9-23-24(14-20)32-17-31-23)15-21(26-29)19-6-4-18(2)5-7-19/h4-9,14,22H,3,10-13,15-17H2,1-2H3/t22-/m1/s1. The molecule has 2 aromatic rings. The Morgan fingerprint density at radius 1 is 1.00 bits per heavy atom. The number of amides is 1. The zero-order chi connectivity index (χ0) is 22.1. The summed E-state index contributed by atoms with van der Waals surface area (Å²) in [4.78, 5) is 18.1. The van der Waals surface area contributed by atoms with Crippen LogP contribution in [0.15, 0.2) is 47.6 Å². The van der Waals surface area contributed by atoms with Crippen LogP contribution in [0.3, 0.4) is 0 Å². The van der Waals surface area contributed by atoms with E-state index in [-0.39, 0.29) is 18.7 Å². The maximum absolute atomic E-state index is 13.4. The highest BCUT2D eigenvalue weighted by molar-refractivity contribution is 6.03. The molecule has 32 heavy (non-hydrogen) atoms. The van der Waals surface area contributed by atoms with Gasteiger partial charge in [0.25, 0.3) is 5.91 Å². The van der Waals surface area contributed by atoms with Gasteiger partial charge in [-0.05, 0) is 36.7 Å². The number of fused-ring (bicyclic) bond motifs is 1. The van der Waals surface area contributed by atoms with Gasteiger partial charge in [-0.1, -0.05) is 42.8 Å². The minimum Gasteiger partial charge on any atom is -0.454 e. The lowest BCUT2D eigenvalue weighted by atomic mass is 9.97. The molecule has 0 unspecified atom stereocenters. The number of hydrogen-bond donors (Lipinski definition) is 0. The molecule has 2 aromatic carbocycles. The molecule has 0 saturated carbocycles. The minimum atomic E-state index is -0.148. The number of likely N-dealkylation sites (N-methyl/N-ethyl adjacent to an activating group) is 1. The number of carbonyl (C=O) groups is 1. The first kappa shape index (κ1) is 21.0. The summed E-state index contributed by atoms with van der Waals surface area (Å²) in [5, 5.41) is 6.52. The Kier molecular flexibility index (Phi) is 5.85. The number of benzene rings is 2. The molecule has 1 saturated heterocycles. The van der Waals surface area contributed by atoms with Crippen LogP contribution in [-0.4, -0.2) is 72.5 Å². The molecule has 0 radical (unpaired) electrons. The monoisotopic (exact) mass is 434 g/mol. The third-order valence-electron chi connectivity index (χ3n) is 6.60. The Labute approximate surface area is 189 Å². The predicted molar refractivity (Wildman–Crippen MR) is 123 cm³/mol. The van der Waals surface area contributed by atoms with Gasteiger partial charge in [0.2, 0.25) is 6.79 Å². The van der Waals surface area contributed by atoms with E-state index in [1.807, 2.05) is 18.2 Å². The molecule has 0 bridgehead atoms. The smallest absolute Gasteiger partial charge is 0.257 e.